The van der Waals surface area contributed by atoms with E-state index >= 15 is 0 Å². The molecule has 0 spiro atoms. The lowest BCUT2D eigenvalue weighted by molar-refractivity contribution is 0.708. The minimum Gasteiger partial charge on any atom is -0.331 e. The fraction of sp³-hybridized carbons (Fsp3) is 1.00. The summed E-state index contributed by atoms with van der Waals surface area (Å²) in [4.78, 5) is 0. The third kappa shape index (κ3) is 7.96. The number of hydrogen-bond acceptors (Lipinski definition) is 1. The third-order valence-electron chi connectivity index (χ3n) is 1.39. The fourth-order valence-electron chi connectivity index (χ4n) is 0.815. The molecule has 1 nitrogen and oxygen atoms in total. The Morgan fingerprint density at radius 3 is 1.89 bits per heavy atom. The van der Waals surface area contributed by atoms with Crippen molar-refractivity contribution >= 4 is 0 Å². The molecule has 1 rings (SSSR count). The summed E-state index contributed by atoms with van der Waals surface area (Å²) in [6.45, 7) is 4.92. The lowest BCUT2D eigenvalue weighted by Crippen LogP contribution is -1.87. The topological polar surface area (TPSA) is 26.0 Å². The molecule has 56 valence electrons. The normalized spacial score (nSPS) is 16.3. The van der Waals surface area contributed by atoms with E-state index in [2.05, 4.69) is 6.92 Å². The van der Waals surface area contributed by atoms with Gasteiger partial charge in [0.15, 0.2) is 0 Å². The van der Waals surface area contributed by atoms with E-state index in [4.69, 9.17) is 5.73 Å². The van der Waals surface area contributed by atoms with Crippen LogP contribution in [0.4, 0.5) is 0 Å². The molecule has 2 N–H and O–H groups in total. The van der Waals surface area contributed by atoms with Crippen LogP contribution in [0.2, 0.25) is 0 Å². The van der Waals surface area contributed by atoms with Crippen LogP contribution in [-0.2, 0) is 0 Å². The van der Waals surface area contributed by atoms with Gasteiger partial charge in [0.25, 0.3) is 0 Å². The van der Waals surface area contributed by atoms with Gasteiger partial charge in [-0.15, -0.1) is 0 Å². The molecule has 0 heterocycles. The summed E-state index contributed by atoms with van der Waals surface area (Å²) < 4.78 is 0. The van der Waals surface area contributed by atoms with Gasteiger partial charge in [0.2, 0.25) is 0 Å². The van der Waals surface area contributed by atoms with E-state index in [0.717, 1.165) is 12.5 Å². The third-order valence-corrected chi connectivity index (χ3v) is 1.39. The monoisotopic (exact) mass is 129 g/mol. The second-order valence-electron chi connectivity index (χ2n) is 2.64. The zero-order valence-corrected chi connectivity index (χ0v) is 6.69. The van der Waals surface area contributed by atoms with Gasteiger partial charge in [-0.2, -0.15) is 0 Å². The Kier molecular flexibility index (Phi) is 6.06. The summed E-state index contributed by atoms with van der Waals surface area (Å²) in [5, 5.41) is 0. The first kappa shape index (κ1) is 8.96. The van der Waals surface area contributed by atoms with Gasteiger partial charge >= 0.3 is 0 Å². The summed E-state index contributed by atoms with van der Waals surface area (Å²) in [7, 11) is 0. The van der Waals surface area contributed by atoms with Crippen molar-refractivity contribution in [2.45, 2.75) is 39.5 Å². The van der Waals surface area contributed by atoms with Crippen molar-refractivity contribution in [3.63, 3.8) is 0 Å². The van der Waals surface area contributed by atoms with Crippen LogP contribution in [0.1, 0.15) is 39.5 Å². The Hall–Kier alpha value is -0.0400. The molecule has 0 aromatic rings. The standard InChI is InChI=1S/C6H12.C2H7N/c1-2-3-6-4-5-6;1-2-3/h6H,2-5H2,1H3;2-3H2,1H3. The van der Waals surface area contributed by atoms with E-state index in [0.29, 0.717) is 0 Å². The van der Waals surface area contributed by atoms with Crippen LogP contribution in [0.5, 0.6) is 0 Å². The lowest BCUT2D eigenvalue weighted by Gasteiger charge is -1.82. The predicted octanol–water partition coefficient (Wildman–Crippen LogP) is 2.16. The van der Waals surface area contributed by atoms with Gasteiger partial charge in [0, 0.05) is 0 Å². The molecule has 9 heavy (non-hydrogen) atoms. The van der Waals surface area contributed by atoms with Crippen molar-refractivity contribution in [3.8, 4) is 0 Å². The minimum atomic E-state index is 0.750. The van der Waals surface area contributed by atoms with E-state index < -0.39 is 0 Å². The second kappa shape index (κ2) is 6.09. The van der Waals surface area contributed by atoms with Crippen LogP contribution >= 0.6 is 0 Å². The molecule has 0 bridgehead atoms. The molecular weight excluding hydrogens is 110 g/mol. The van der Waals surface area contributed by atoms with Crippen molar-refractivity contribution < 1.29 is 0 Å². The molecule has 0 amide bonds. The average molecular weight is 129 g/mol. The van der Waals surface area contributed by atoms with E-state index in [1.807, 2.05) is 6.92 Å². The summed E-state index contributed by atoms with van der Waals surface area (Å²) in [5.74, 6) is 1.15. The van der Waals surface area contributed by atoms with Crippen molar-refractivity contribution in [3.05, 3.63) is 0 Å². The second-order valence-corrected chi connectivity index (χ2v) is 2.64. The summed E-state index contributed by atoms with van der Waals surface area (Å²) in [5.41, 5.74) is 4.85. The summed E-state index contributed by atoms with van der Waals surface area (Å²) >= 11 is 0. The summed E-state index contributed by atoms with van der Waals surface area (Å²) in [6.07, 6.45) is 5.92. The van der Waals surface area contributed by atoms with Crippen molar-refractivity contribution in [1.82, 2.24) is 0 Å². The lowest BCUT2D eigenvalue weighted by atomic mass is 10.2. The quantitative estimate of drug-likeness (QED) is 0.607. The largest absolute Gasteiger partial charge is 0.331 e. The first-order valence-electron chi connectivity index (χ1n) is 4.05. The highest BCUT2D eigenvalue weighted by Gasteiger charge is 2.18. The summed E-state index contributed by atoms with van der Waals surface area (Å²) in [6, 6.07) is 0. The van der Waals surface area contributed by atoms with Gasteiger partial charge in [-0.3, -0.25) is 0 Å². The van der Waals surface area contributed by atoms with Crippen LogP contribution < -0.4 is 5.73 Å². The maximum Gasteiger partial charge on any atom is -0.0106 e. The van der Waals surface area contributed by atoms with E-state index in [-0.39, 0.29) is 0 Å². The van der Waals surface area contributed by atoms with Crippen LogP contribution in [0.25, 0.3) is 0 Å². The van der Waals surface area contributed by atoms with Gasteiger partial charge < -0.3 is 5.73 Å². The van der Waals surface area contributed by atoms with Gasteiger partial charge in [-0.05, 0) is 12.5 Å². The fourth-order valence-corrected chi connectivity index (χ4v) is 0.815. The first-order chi connectivity index (χ1) is 4.35. The Morgan fingerprint density at radius 2 is 1.78 bits per heavy atom. The van der Waals surface area contributed by atoms with Gasteiger partial charge in [-0.1, -0.05) is 39.5 Å². The molecule has 1 fully saturated rings. The Bertz CT molecular complexity index is 48.5. The van der Waals surface area contributed by atoms with Crippen LogP contribution in [0.3, 0.4) is 0 Å². The zero-order chi connectivity index (χ0) is 7.11. The molecule has 0 atom stereocenters. The molecule has 0 saturated heterocycles. The molecule has 0 aromatic carbocycles. The Morgan fingerprint density at radius 1 is 1.33 bits per heavy atom. The maximum atomic E-state index is 4.85. The highest BCUT2D eigenvalue weighted by Crippen LogP contribution is 2.32. The molecule has 0 radical (unpaired) electrons. The molecule has 0 unspecified atom stereocenters. The predicted molar refractivity (Wildman–Crippen MR) is 42.4 cm³/mol. The van der Waals surface area contributed by atoms with Crippen molar-refractivity contribution in [2.24, 2.45) is 11.7 Å². The minimum absolute atomic E-state index is 0.750. The smallest absolute Gasteiger partial charge is 0.0106 e. The Labute approximate surface area is 58.6 Å². The highest BCUT2D eigenvalue weighted by molar-refractivity contribution is 4.71. The molecule has 0 aliphatic heterocycles. The van der Waals surface area contributed by atoms with E-state index in [1.165, 1.54) is 25.7 Å². The molecule has 1 heteroatoms. The van der Waals surface area contributed by atoms with E-state index in [1.54, 1.807) is 0 Å². The molecule has 1 aliphatic rings. The van der Waals surface area contributed by atoms with Gasteiger partial charge in [0.1, 0.15) is 0 Å². The highest BCUT2D eigenvalue weighted by atomic mass is 14.5. The number of hydrogen-bond donors (Lipinski definition) is 1. The zero-order valence-electron chi connectivity index (χ0n) is 6.69. The van der Waals surface area contributed by atoms with Gasteiger partial charge in [0.05, 0.1) is 0 Å². The Balaban J connectivity index is 0.000000187. The van der Waals surface area contributed by atoms with Crippen LogP contribution in [-0.4, -0.2) is 6.54 Å². The van der Waals surface area contributed by atoms with Gasteiger partial charge in [-0.25, -0.2) is 0 Å². The van der Waals surface area contributed by atoms with Crippen LogP contribution in [0, 0.1) is 5.92 Å². The maximum absolute atomic E-state index is 4.85. The molecule has 1 aliphatic carbocycles. The first-order valence-corrected chi connectivity index (χ1v) is 4.05. The SMILES string of the molecule is CCCC1CC1.CCN. The average Bonchev–Trinajstić information content (AvgIpc) is 2.53. The van der Waals surface area contributed by atoms with Crippen molar-refractivity contribution in [1.29, 1.82) is 0 Å². The van der Waals surface area contributed by atoms with E-state index in [9.17, 15) is 0 Å². The molecule has 1 saturated carbocycles. The molecular formula is C8H19N. The molecule has 0 aromatic heterocycles. The number of rotatable bonds is 2. The van der Waals surface area contributed by atoms with Crippen LogP contribution in [0.15, 0.2) is 0 Å². The number of nitrogens with two attached hydrogens (primary N) is 1. The van der Waals surface area contributed by atoms with Crippen molar-refractivity contribution in [2.75, 3.05) is 6.54 Å².